The maximum Gasteiger partial charge on any atom is 0.146 e. The van der Waals surface area contributed by atoms with Gasteiger partial charge in [-0.3, -0.25) is 4.98 Å². The number of rotatable bonds is 5. The molecule has 1 aromatic carbocycles. The summed E-state index contributed by atoms with van der Waals surface area (Å²) >= 11 is 0. The van der Waals surface area contributed by atoms with Crippen molar-refractivity contribution < 1.29 is 4.39 Å². The molecule has 1 heterocycles. The molecule has 3 rings (SSSR count). The van der Waals surface area contributed by atoms with E-state index in [1.54, 1.807) is 24.5 Å². The Balaban J connectivity index is 1.86. The van der Waals surface area contributed by atoms with Gasteiger partial charge in [-0.15, -0.1) is 0 Å². The van der Waals surface area contributed by atoms with Crippen molar-refractivity contribution in [1.82, 2.24) is 10.3 Å². The lowest BCUT2D eigenvalue weighted by Gasteiger charge is -2.22. The molecule has 1 aromatic heterocycles. The van der Waals surface area contributed by atoms with Gasteiger partial charge < -0.3 is 10.2 Å². The Morgan fingerprint density at radius 2 is 2.05 bits per heavy atom. The van der Waals surface area contributed by atoms with Gasteiger partial charge in [-0.25, -0.2) is 4.39 Å². The van der Waals surface area contributed by atoms with E-state index in [0.717, 1.165) is 17.8 Å². The highest BCUT2D eigenvalue weighted by molar-refractivity contribution is 5.65. The zero-order chi connectivity index (χ0) is 13.9. The molecule has 0 radical (unpaired) electrons. The third-order valence-electron chi connectivity index (χ3n) is 3.62. The first-order chi connectivity index (χ1) is 9.75. The van der Waals surface area contributed by atoms with Crippen molar-refractivity contribution in [2.75, 3.05) is 11.9 Å². The Hall–Kier alpha value is -1.94. The molecule has 0 aliphatic heterocycles. The van der Waals surface area contributed by atoms with Crippen LogP contribution >= 0.6 is 0 Å². The van der Waals surface area contributed by atoms with E-state index in [1.807, 2.05) is 24.1 Å². The van der Waals surface area contributed by atoms with Crippen molar-refractivity contribution in [1.29, 1.82) is 0 Å². The Morgan fingerprint density at radius 3 is 2.80 bits per heavy atom. The van der Waals surface area contributed by atoms with E-state index >= 15 is 0 Å². The number of halogens is 1. The van der Waals surface area contributed by atoms with E-state index in [1.165, 1.54) is 18.9 Å². The molecule has 104 valence electrons. The average Bonchev–Trinajstić information content (AvgIpc) is 3.29. The number of anilines is 2. The van der Waals surface area contributed by atoms with Gasteiger partial charge in [-0.05, 0) is 36.6 Å². The molecule has 0 atom stereocenters. The van der Waals surface area contributed by atoms with Crippen molar-refractivity contribution in [2.24, 2.45) is 0 Å². The van der Waals surface area contributed by atoms with Crippen molar-refractivity contribution in [3.63, 3.8) is 0 Å². The summed E-state index contributed by atoms with van der Waals surface area (Å²) in [6.07, 6.45) is 6.08. The van der Waals surface area contributed by atoms with Crippen LogP contribution in [-0.2, 0) is 6.54 Å². The van der Waals surface area contributed by atoms with Gasteiger partial charge >= 0.3 is 0 Å². The van der Waals surface area contributed by atoms with Crippen molar-refractivity contribution in [3.05, 3.63) is 54.1 Å². The van der Waals surface area contributed by atoms with E-state index in [2.05, 4.69) is 10.3 Å². The Morgan fingerprint density at radius 1 is 1.25 bits per heavy atom. The predicted octanol–water partition coefficient (Wildman–Crippen LogP) is 3.24. The molecule has 1 aliphatic carbocycles. The molecule has 20 heavy (non-hydrogen) atoms. The standard InChI is InChI=1S/C16H18FN3/c1-20(15-5-3-2-4-14(15)17)16-11-18-9-8-12(16)10-19-13-6-7-13/h2-5,8-9,11,13,19H,6-7,10H2,1H3. The highest BCUT2D eigenvalue weighted by atomic mass is 19.1. The topological polar surface area (TPSA) is 28.2 Å². The minimum atomic E-state index is -0.222. The molecular weight excluding hydrogens is 253 g/mol. The lowest BCUT2D eigenvalue weighted by molar-refractivity contribution is 0.627. The number of nitrogens with zero attached hydrogens (tertiary/aromatic N) is 2. The molecule has 1 aliphatic rings. The van der Waals surface area contributed by atoms with Gasteiger partial charge in [0.05, 0.1) is 17.6 Å². The fourth-order valence-electron chi connectivity index (χ4n) is 2.26. The molecule has 4 heteroatoms. The van der Waals surface area contributed by atoms with Crippen LogP contribution in [0, 0.1) is 5.82 Å². The monoisotopic (exact) mass is 271 g/mol. The molecule has 1 saturated carbocycles. The first-order valence-electron chi connectivity index (χ1n) is 6.90. The van der Waals surface area contributed by atoms with E-state index in [9.17, 15) is 4.39 Å². The number of nitrogens with one attached hydrogen (secondary N) is 1. The summed E-state index contributed by atoms with van der Waals surface area (Å²) in [5, 5.41) is 3.49. The van der Waals surface area contributed by atoms with Crippen LogP contribution in [0.2, 0.25) is 0 Å². The molecular formula is C16H18FN3. The van der Waals surface area contributed by atoms with Crippen LogP contribution in [0.3, 0.4) is 0 Å². The largest absolute Gasteiger partial charge is 0.341 e. The lowest BCUT2D eigenvalue weighted by Crippen LogP contribution is -2.19. The van der Waals surface area contributed by atoms with Crippen LogP contribution in [0.5, 0.6) is 0 Å². The van der Waals surface area contributed by atoms with Crippen LogP contribution in [0.15, 0.2) is 42.7 Å². The average molecular weight is 271 g/mol. The van der Waals surface area contributed by atoms with Gasteiger partial charge in [0.2, 0.25) is 0 Å². The van der Waals surface area contributed by atoms with Gasteiger partial charge in [0, 0.05) is 25.8 Å². The number of benzene rings is 1. The Labute approximate surface area is 118 Å². The zero-order valence-corrected chi connectivity index (χ0v) is 11.5. The Bertz CT molecular complexity index is 596. The summed E-state index contributed by atoms with van der Waals surface area (Å²) in [7, 11) is 1.87. The van der Waals surface area contributed by atoms with E-state index in [-0.39, 0.29) is 5.82 Å². The number of pyridine rings is 1. The van der Waals surface area contributed by atoms with E-state index in [4.69, 9.17) is 0 Å². The normalized spacial score (nSPS) is 14.3. The second-order valence-corrected chi connectivity index (χ2v) is 5.17. The van der Waals surface area contributed by atoms with Crippen LogP contribution in [0.25, 0.3) is 0 Å². The zero-order valence-electron chi connectivity index (χ0n) is 11.5. The fourth-order valence-corrected chi connectivity index (χ4v) is 2.26. The van der Waals surface area contributed by atoms with E-state index < -0.39 is 0 Å². The molecule has 0 spiro atoms. The summed E-state index contributed by atoms with van der Waals surface area (Å²) in [6, 6.07) is 9.43. The lowest BCUT2D eigenvalue weighted by atomic mass is 10.2. The predicted molar refractivity (Wildman–Crippen MR) is 78.6 cm³/mol. The van der Waals surface area contributed by atoms with Crippen molar-refractivity contribution in [3.8, 4) is 0 Å². The second-order valence-electron chi connectivity index (χ2n) is 5.17. The van der Waals surface area contributed by atoms with E-state index in [0.29, 0.717) is 11.7 Å². The first kappa shape index (κ1) is 13.1. The third-order valence-corrected chi connectivity index (χ3v) is 3.62. The van der Waals surface area contributed by atoms with Crippen LogP contribution < -0.4 is 10.2 Å². The Kier molecular flexibility index (Phi) is 3.65. The molecule has 0 amide bonds. The molecule has 3 nitrogen and oxygen atoms in total. The minimum Gasteiger partial charge on any atom is -0.341 e. The first-order valence-corrected chi connectivity index (χ1v) is 6.90. The summed E-state index contributed by atoms with van der Waals surface area (Å²) in [5.74, 6) is -0.222. The minimum absolute atomic E-state index is 0.222. The molecule has 0 unspecified atom stereocenters. The van der Waals surface area contributed by atoms with Gasteiger partial charge in [-0.1, -0.05) is 12.1 Å². The van der Waals surface area contributed by atoms with Crippen LogP contribution in [0.1, 0.15) is 18.4 Å². The van der Waals surface area contributed by atoms with Gasteiger partial charge in [0.25, 0.3) is 0 Å². The van der Waals surface area contributed by atoms with Crippen molar-refractivity contribution >= 4 is 11.4 Å². The molecule has 0 saturated heterocycles. The summed E-state index contributed by atoms with van der Waals surface area (Å²) in [6.45, 7) is 0.793. The summed E-state index contributed by atoms with van der Waals surface area (Å²) in [4.78, 5) is 6.03. The van der Waals surface area contributed by atoms with Gasteiger partial charge in [0.15, 0.2) is 0 Å². The second kappa shape index (κ2) is 5.59. The smallest absolute Gasteiger partial charge is 0.146 e. The number of hydrogen-bond acceptors (Lipinski definition) is 3. The maximum atomic E-state index is 13.9. The fraction of sp³-hybridized carbons (Fsp3) is 0.312. The highest BCUT2D eigenvalue weighted by Crippen LogP contribution is 2.29. The molecule has 1 fully saturated rings. The molecule has 0 bridgehead atoms. The van der Waals surface area contributed by atoms with Crippen molar-refractivity contribution in [2.45, 2.75) is 25.4 Å². The summed E-state index contributed by atoms with van der Waals surface area (Å²) in [5.41, 5.74) is 2.64. The third kappa shape index (κ3) is 2.80. The number of hydrogen-bond donors (Lipinski definition) is 1. The highest BCUT2D eigenvalue weighted by Gasteiger charge is 2.21. The quantitative estimate of drug-likeness (QED) is 0.905. The van der Waals surface area contributed by atoms with Gasteiger partial charge in [-0.2, -0.15) is 0 Å². The molecule has 2 aromatic rings. The number of para-hydroxylation sites is 1. The molecule has 1 N–H and O–H groups in total. The number of aromatic nitrogens is 1. The van der Waals surface area contributed by atoms with Gasteiger partial charge in [0.1, 0.15) is 5.82 Å². The SMILES string of the molecule is CN(c1ccccc1F)c1cnccc1CNC1CC1. The van der Waals surface area contributed by atoms with Crippen LogP contribution in [0.4, 0.5) is 15.8 Å². The maximum absolute atomic E-state index is 13.9. The van der Waals surface area contributed by atoms with Crippen LogP contribution in [-0.4, -0.2) is 18.1 Å². The summed E-state index contributed by atoms with van der Waals surface area (Å²) < 4.78 is 13.9.